The Morgan fingerprint density at radius 1 is 1.31 bits per heavy atom. The molecule has 1 aromatic carbocycles. The fourth-order valence-corrected chi connectivity index (χ4v) is 2.37. The summed E-state index contributed by atoms with van der Waals surface area (Å²) in [6.07, 6.45) is 1.36. The topological polar surface area (TPSA) is 63.4 Å². The number of hydrogen-bond acceptors (Lipinski definition) is 3. The molecule has 1 aliphatic carbocycles. The minimum absolute atomic E-state index is 0.0365. The van der Waals surface area contributed by atoms with Crippen LogP contribution in [0.5, 0.6) is 0 Å². The van der Waals surface area contributed by atoms with Crippen molar-refractivity contribution in [1.82, 2.24) is 0 Å². The smallest absolute Gasteiger partial charge is 0.240 e. The van der Waals surface area contributed by atoms with Crippen LogP contribution in [0.15, 0.2) is 18.2 Å². The Morgan fingerprint density at radius 3 is 2.62 bits per heavy atom. The van der Waals surface area contributed by atoms with E-state index in [2.05, 4.69) is 0 Å². The van der Waals surface area contributed by atoms with Crippen molar-refractivity contribution in [2.75, 3.05) is 17.7 Å². The molecular weight excluding hydrogens is 204 g/mol. The predicted molar refractivity (Wildman–Crippen MR) is 60.3 cm³/mol. The quantitative estimate of drug-likeness (QED) is 0.523. The summed E-state index contributed by atoms with van der Waals surface area (Å²) in [5.74, 6) is -0.124. The lowest BCUT2D eigenvalue weighted by Gasteiger charge is -2.30. The van der Waals surface area contributed by atoms with Crippen molar-refractivity contribution in [3.8, 4) is 0 Å². The van der Waals surface area contributed by atoms with Crippen LogP contribution in [0.3, 0.4) is 0 Å². The van der Waals surface area contributed by atoms with Crippen molar-refractivity contribution in [3.63, 3.8) is 0 Å². The van der Waals surface area contributed by atoms with Gasteiger partial charge in [0.1, 0.15) is 5.41 Å². The number of carbonyl (C=O) groups is 2. The lowest BCUT2D eigenvalue weighted by atomic mass is 9.87. The Morgan fingerprint density at radius 2 is 2.00 bits per heavy atom. The van der Waals surface area contributed by atoms with E-state index in [1.54, 1.807) is 30.1 Å². The molecule has 1 saturated carbocycles. The summed E-state index contributed by atoms with van der Waals surface area (Å²) in [7, 11) is 1.70. The highest BCUT2D eigenvalue weighted by molar-refractivity contribution is 6.26. The first-order chi connectivity index (χ1) is 7.56. The van der Waals surface area contributed by atoms with Gasteiger partial charge in [-0.1, -0.05) is 0 Å². The molecule has 2 N–H and O–H groups in total. The molecule has 0 bridgehead atoms. The molecule has 1 aromatic rings. The molecule has 0 unspecified atom stereocenters. The second-order valence-corrected chi connectivity index (χ2v) is 4.55. The summed E-state index contributed by atoms with van der Waals surface area (Å²) >= 11 is 0. The summed E-state index contributed by atoms with van der Waals surface area (Å²) in [4.78, 5) is 25.8. The highest BCUT2D eigenvalue weighted by Crippen LogP contribution is 2.53. The molecule has 3 rings (SSSR count). The first-order valence-corrected chi connectivity index (χ1v) is 5.29. The van der Waals surface area contributed by atoms with Crippen molar-refractivity contribution in [2.24, 2.45) is 5.41 Å². The molecule has 0 radical (unpaired) electrons. The highest BCUT2D eigenvalue weighted by atomic mass is 16.2. The number of ketones is 1. The van der Waals surface area contributed by atoms with Gasteiger partial charge in [-0.15, -0.1) is 0 Å². The third-order valence-electron chi connectivity index (χ3n) is 3.53. The normalized spacial score (nSPS) is 21.2. The van der Waals surface area contributed by atoms with Crippen LogP contribution >= 0.6 is 0 Å². The Bertz CT molecular complexity index is 518. The number of hydrogen-bond donors (Lipinski definition) is 1. The molecule has 1 aliphatic heterocycles. The largest absolute Gasteiger partial charge is 0.399 e. The van der Waals surface area contributed by atoms with E-state index in [0.717, 1.165) is 0 Å². The molecule has 1 fully saturated rings. The van der Waals surface area contributed by atoms with E-state index in [-0.39, 0.29) is 11.7 Å². The monoisotopic (exact) mass is 216 g/mol. The summed E-state index contributed by atoms with van der Waals surface area (Å²) < 4.78 is 0. The van der Waals surface area contributed by atoms with Crippen molar-refractivity contribution in [2.45, 2.75) is 12.8 Å². The zero-order valence-electron chi connectivity index (χ0n) is 8.99. The van der Waals surface area contributed by atoms with E-state index in [4.69, 9.17) is 5.73 Å². The van der Waals surface area contributed by atoms with Gasteiger partial charge in [-0.3, -0.25) is 9.59 Å². The van der Waals surface area contributed by atoms with Crippen molar-refractivity contribution in [1.29, 1.82) is 0 Å². The molecule has 82 valence electrons. The van der Waals surface area contributed by atoms with Gasteiger partial charge in [0.25, 0.3) is 0 Å². The molecule has 1 spiro atoms. The second-order valence-electron chi connectivity index (χ2n) is 4.55. The Hall–Kier alpha value is -1.84. The number of fused-ring (bicyclic) bond motifs is 1. The van der Waals surface area contributed by atoms with Gasteiger partial charge in [-0.05, 0) is 31.0 Å². The lowest BCUT2D eigenvalue weighted by Crippen LogP contribution is -2.43. The molecule has 0 atom stereocenters. The number of benzene rings is 1. The predicted octanol–water partition coefficient (Wildman–Crippen LogP) is 1.21. The average Bonchev–Trinajstić information content (AvgIpc) is 3.05. The molecule has 2 aliphatic rings. The molecule has 4 nitrogen and oxygen atoms in total. The second kappa shape index (κ2) is 2.64. The first-order valence-electron chi connectivity index (χ1n) is 5.29. The Kier molecular flexibility index (Phi) is 1.55. The fourth-order valence-electron chi connectivity index (χ4n) is 2.37. The van der Waals surface area contributed by atoms with E-state index in [1.807, 2.05) is 0 Å². The van der Waals surface area contributed by atoms with E-state index in [1.165, 1.54) is 0 Å². The van der Waals surface area contributed by atoms with Crippen LogP contribution in [0.4, 0.5) is 11.4 Å². The van der Waals surface area contributed by atoms with Crippen LogP contribution in [0.25, 0.3) is 0 Å². The zero-order valence-corrected chi connectivity index (χ0v) is 8.99. The molecular formula is C12H12N2O2. The fraction of sp³-hybridized carbons (Fsp3) is 0.333. The van der Waals surface area contributed by atoms with Crippen LogP contribution in [0, 0.1) is 5.41 Å². The number of nitrogen functional groups attached to an aromatic ring is 1. The SMILES string of the molecule is CN1C(=O)C2(CC2)C(=O)c2ccc(N)cc21. The maximum Gasteiger partial charge on any atom is 0.240 e. The number of carbonyl (C=O) groups excluding carboxylic acids is 2. The number of nitrogens with two attached hydrogens (primary N) is 1. The van der Waals surface area contributed by atoms with Crippen LogP contribution in [0.1, 0.15) is 23.2 Å². The standard InChI is InChI=1S/C12H12N2O2/c1-14-9-6-7(13)2-3-8(9)10(15)12(4-5-12)11(14)16/h2-3,6H,4-5,13H2,1H3. The number of rotatable bonds is 0. The lowest BCUT2D eigenvalue weighted by molar-refractivity contribution is -0.122. The van der Waals surface area contributed by atoms with Crippen LogP contribution in [-0.4, -0.2) is 18.7 Å². The van der Waals surface area contributed by atoms with Gasteiger partial charge in [0.05, 0.1) is 5.69 Å². The number of nitrogens with zero attached hydrogens (tertiary/aromatic N) is 1. The summed E-state index contributed by atoms with van der Waals surface area (Å²) in [5.41, 5.74) is 6.75. The van der Waals surface area contributed by atoms with Gasteiger partial charge in [-0.2, -0.15) is 0 Å². The highest BCUT2D eigenvalue weighted by Gasteiger charge is 2.60. The van der Waals surface area contributed by atoms with Crippen molar-refractivity contribution < 1.29 is 9.59 Å². The molecule has 1 amide bonds. The van der Waals surface area contributed by atoms with Crippen molar-refractivity contribution >= 4 is 23.1 Å². The maximum absolute atomic E-state index is 12.2. The van der Waals surface area contributed by atoms with Gasteiger partial charge in [0.15, 0.2) is 5.78 Å². The van der Waals surface area contributed by atoms with E-state index < -0.39 is 5.41 Å². The Labute approximate surface area is 93.0 Å². The molecule has 0 saturated heterocycles. The number of Topliss-reactive ketones (excluding diaryl/α,β-unsaturated/α-hetero) is 1. The van der Waals surface area contributed by atoms with Crippen molar-refractivity contribution in [3.05, 3.63) is 23.8 Å². The van der Waals surface area contributed by atoms with Crippen LogP contribution in [-0.2, 0) is 4.79 Å². The number of anilines is 2. The van der Waals surface area contributed by atoms with Gasteiger partial charge < -0.3 is 10.6 Å². The Balaban J connectivity index is 2.23. The van der Waals surface area contributed by atoms with E-state index in [9.17, 15) is 9.59 Å². The van der Waals surface area contributed by atoms with Gasteiger partial charge in [0.2, 0.25) is 5.91 Å². The van der Waals surface area contributed by atoms with Gasteiger partial charge >= 0.3 is 0 Å². The minimum Gasteiger partial charge on any atom is -0.399 e. The molecule has 4 heteroatoms. The third kappa shape index (κ3) is 0.939. The summed E-state index contributed by atoms with van der Waals surface area (Å²) in [5, 5.41) is 0. The maximum atomic E-state index is 12.2. The van der Waals surface area contributed by atoms with Crippen LogP contribution in [0.2, 0.25) is 0 Å². The van der Waals surface area contributed by atoms with Gasteiger partial charge in [-0.25, -0.2) is 0 Å². The molecule has 16 heavy (non-hydrogen) atoms. The van der Waals surface area contributed by atoms with Gasteiger partial charge in [0, 0.05) is 18.3 Å². The zero-order chi connectivity index (χ0) is 11.5. The minimum atomic E-state index is -0.738. The molecule has 1 heterocycles. The summed E-state index contributed by atoms with van der Waals surface area (Å²) in [6, 6.07) is 5.10. The van der Waals surface area contributed by atoms with E-state index in [0.29, 0.717) is 29.8 Å². The first kappa shape index (κ1) is 9.39. The summed E-state index contributed by atoms with van der Waals surface area (Å²) in [6.45, 7) is 0. The average molecular weight is 216 g/mol. The molecule has 0 aromatic heterocycles. The van der Waals surface area contributed by atoms with E-state index >= 15 is 0 Å². The third-order valence-corrected chi connectivity index (χ3v) is 3.53. The number of amides is 1. The van der Waals surface area contributed by atoms with Crippen LogP contribution < -0.4 is 10.6 Å².